The maximum absolute atomic E-state index is 11.3. The van der Waals surface area contributed by atoms with E-state index in [2.05, 4.69) is 20.6 Å². The first-order valence-electron chi connectivity index (χ1n) is 6.68. The molecule has 0 saturated carbocycles. The van der Waals surface area contributed by atoms with E-state index in [4.69, 9.17) is 0 Å². The molecule has 1 atom stereocenters. The molecule has 1 heterocycles. The number of anilines is 2. The second kappa shape index (κ2) is 6.65. The number of nitrogens with one attached hydrogen (secondary N) is 2. The molecule has 2 N–H and O–H groups in total. The van der Waals surface area contributed by atoms with Crippen LogP contribution in [0.5, 0.6) is 0 Å². The molecule has 0 aliphatic carbocycles. The number of hydrogen-bond acceptors (Lipinski definition) is 6. The minimum atomic E-state index is -0.474. The molecule has 0 bridgehead atoms. The van der Waals surface area contributed by atoms with Crippen LogP contribution in [0.3, 0.4) is 0 Å². The van der Waals surface area contributed by atoms with Crippen molar-refractivity contribution < 1.29 is 4.92 Å². The summed E-state index contributed by atoms with van der Waals surface area (Å²) in [7, 11) is 0. The van der Waals surface area contributed by atoms with Crippen LogP contribution in [0, 0.1) is 10.1 Å². The van der Waals surface area contributed by atoms with E-state index in [0.29, 0.717) is 6.54 Å². The summed E-state index contributed by atoms with van der Waals surface area (Å²) in [6, 6.07) is 9.57. The van der Waals surface area contributed by atoms with Gasteiger partial charge in [0.1, 0.15) is 6.33 Å². The smallest absolute Gasteiger partial charge is 0.353 e. The summed E-state index contributed by atoms with van der Waals surface area (Å²) in [5.41, 5.74) is 0.887. The molecule has 110 valence electrons. The van der Waals surface area contributed by atoms with E-state index in [1.807, 2.05) is 44.2 Å². The van der Waals surface area contributed by atoms with E-state index in [1.54, 1.807) is 0 Å². The van der Waals surface area contributed by atoms with Gasteiger partial charge < -0.3 is 10.6 Å². The van der Waals surface area contributed by atoms with Crippen molar-refractivity contribution in [3.05, 3.63) is 52.3 Å². The van der Waals surface area contributed by atoms with Crippen molar-refractivity contribution in [2.45, 2.75) is 19.9 Å². The van der Waals surface area contributed by atoms with Gasteiger partial charge in [0.05, 0.1) is 11.0 Å². The van der Waals surface area contributed by atoms with Crippen LogP contribution in [0.25, 0.3) is 0 Å². The fourth-order valence-electron chi connectivity index (χ4n) is 1.98. The highest BCUT2D eigenvalue weighted by Crippen LogP contribution is 2.31. The maximum atomic E-state index is 11.3. The van der Waals surface area contributed by atoms with E-state index in [9.17, 15) is 10.1 Å². The van der Waals surface area contributed by atoms with E-state index >= 15 is 0 Å². The summed E-state index contributed by atoms with van der Waals surface area (Å²) in [4.78, 5) is 18.7. The zero-order valence-corrected chi connectivity index (χ0v) is 11.9. The van der Waals surface area contributed by atoms with Crippen molar-refractivity contribution in [1.29, 1.82) is 0 Å². The van der Waals surface area contributed by atoms with Crippen molar-refractivity contribution in [2.75, 3.05) is 17.2 Å². The Balaban J connectivity index is 2.31. The summed E-state index contributed by atoms with van der Waals surface area (Å²) in [6.45, 7) is 4.32. The molecule has 2 aromatic rings. The maximum Gasteiger partial charge on any atom is 0.353 e. The van der Waals surface area contributed by atoms with Crippen molar-refractivity contribution in [3.63, 3.8) is 0 Å². The van der Waals surface area contributed by atoms with E-state index < -0.39 is 4.92 Å². The van der Waals surface area contributed by atoms with Gasteiger partial charge in [-0.05, 0) is 19.4 Å². The average molecular weight is 287 g/mol. The predicted molar refractivity (Wildman–Crippen MR) is 81.3 cm³/mol. The van der Waals surface area contributed by atoms with Crippen LogP contribution in [-0.2, 0) is 0 Å². The lowest BCUT2D eigenvalue weighted by Crippen LogP contribution is -2.12. The van der Waals surface area contributed by atoms with Crippen LogP contribution in [0.1, 0.15) is 25.5 Å². The summed E-state index contributed by atoms with van der Waals surface area (Å²) < 4.78 is 0. The quantitative estimate of drug-likeness (QED) is 0.626. The molecule has 0 aliphatic heterocycles. The molecule has 1 unspecified atom stereocenters. The Bertz CT molecular complexity index is 618. The Kier molecular flexibility index (Phi) is 4.65. The van der Waals surface area contributed by atoms with Gasteiger partial charge in [-0.1, -0.05) is 30.3 Å². The lowest BCUT2D eigenvalue weighted by Gasteiger charge is -2.15. The SMILES string of the molecule is CCNc1ncnc(NC(C)c2ccccc2)c1[N+](=O)[O-]. The Labute approximate surface area is 122 Å². The Morgan fingerprint density at radius 3 is 2.52 bits per heavy atom. The van der Waals surface area contributed by atoms with E-state index in [0.717, 1.165) is 5.56 Å². The first kappa shape index (κ1) is 14.7. The third kappa shape index (κ3) is 3.44. The zero-order chi connectivity index (χ0) is 15.2. The van der Waals surface area contributed by atoms with Crippen LogP contribution < -0.4 is 10.6 Å². The fraction of sp³-hybridized carbons (Fsp3) is 0.286. The largest absolute Gasteiger partial charge is 0.364 e. The van der Waals surface area contributed by atoms with Gasteiger partial charge in [0.15, 0.2) is 0 Å². The van der Waals surface area contributed by atoms with Gasteiger partial charge in [-0.25, -0.2) is 9.97 Å². The van der Waals surface area contributed by atoms with Gasteiger partial charge in [0.25, 0.3) is 0 Å². The lowest BCUT2D eigenvalue weighted by molar-refractivity contribution is -0.383. The molecule has 0 fully saturated rings. The number of benzene rings is 1. The molecule has 0 aliphatic rings. The molecule has 2 rings (SSSR count). The molecule has 1 aromatic heterocycles. The van der Waals surface area contributed by atoms with Crippen LogP contribution >= 0.6 is 0 Å². The zero-order valence-electron chi connectivity index (χ0n) is 11.9. The molecular weight excluding hydrogens is 270 g/mol. The predicted octanol–water partition coefficient (Wildman–Crippen LogP) is 2.99. The van der Waals surface area contributed by atoms with Crippen molar-refractivity contribution in [2.24, 2.45) is 0 Å². The Morgan fingerprint density at radius 1 is 1.24 bits per heavy atom. The number of aromatic nitrogens is 2. The second-order valence-corrected chi connectivity index (χ2v) is 4.48. The van der Waals surface area contributed by atoms with E-state index in [1.165, 1.54) is 6.33 Å². The van der Waals surface area contributed by atoms with Gasteiger partial charge in [-0.15, -0.1) is 0 Å². The Hall–Kier alpha value is -2.70. The topological polar surface area (TPSA) is 93.0 Å². The standard InChI is InChI=1S/C14H17N5O2/c1-3-15-13-12(19(20)21)14(17-9-16-13)18-10(2)11-7-5-4-6-8-11/h4-10H,3H2,1-2H3,(H2,15,16,17,18). The average Bonchev–Trinajstić information content (AvgIpc) is 2.48. The van der Waals surface area contributed by atoms with Crippen LogP contribution in [0.15, 0.2) is 36.7 Å². The highest BCUT2D eigenvalue weighted by Gasteiger charge is 2.23. The highest BCUT2D eigenvalue weighted by molar-refractivity contribution is 5.69. The molecule has 0 radical (unpaired) electrons. The number of hydrogen-bond donors (Lipinski definition) is 2. The first-order valence-corrected chi connectivity index (χ1v) is 6.68. The van der Waals surface area contributed by atoms with Gasteiger partial charge in [0, 0.05) is 6.54 Å². The van der Waals surface area contributed by atoms with Gasteiger partial charge in [-0.2, -0.15) is 0 Å². The Morgan fingerprint density at radius 2 is 1.90 bits per heavy atom. The summed E-state index contributed by atoms with van der Waals surface area (Å²) in [6.07, 6.45) is 1.31. The molecule has 0 saturated heterocycles. The summed E-state index contributed by atoms with van der Waals surface area (Å²) >= 11 is 0. The highest BCUT2D eigenvalue weighted by atomic mass is 16.6. The monoisotopic (exact) mass is 287 g/mol. The summed E-state index contributed by atoms with van der Waals surface area (Å²) in [5, 5.41) is 17.2. The third-order valence-corrected chi connectivity index (χ3v) is 3.00. The van der Waals surface area contributed by atoms with Crippen molar-refractivity contribution in [3.8, 4) is 0 Å². The van der Waals surface area contributed by atoms with Crippen LogP contribution in [-0.4, -0.2) is 21.4 Å². The first-order chi connectivity index (χ1) is 10.1. The number of nitrogens with zero attached hydrogens (tertiary/aromatic N) is 3. The minimum absolute atomic E-state index is 0.103. The summed E-state index contributed by atoms with van der Waals surface area (Å²) in [5.74, 6) is 0.433. The molecular formula is C14H17N5O2. The molecule has 21 heavy (non-hydrogen) atoms. The molecule has 7 heteroatoms. The van der Waals surface area contributed by atoms with Crippen molar-refractivity contribution >= 4 is 17.3 Å². The van der Waals surface area contributed by atoms with Gasteiger partial charge in [0.2, 0.25) is 11.6 Å². The minimum Gasteiger partial charge on any atom is -0.364 e. The normalized spacial score (nSPS) is 11.7. The van der Waals surface area contributed by atoms with Crippen molar-refractivity contribution in [1.82, 2.24) is 9.97 Å². The van der Waals surface area contributed by atoms with Crippen LogP contribution in [0.4, 0.5) is 17.3 Å². The lowest BCUT2D eigenvalue weighted by atomic mass is 10.1. The van der Waals surface area contributed by atoms with E-state index in [-0.39, 0.29) is 23.4 Å². The molecule has 1 aromatic carbocycles. The third-order valence-electron chi connectivity index (χ3n) is 3.00. The van der Waals surface area contributed by atoms with Gasteiger partial charge >= 0.3 is 5.69 Å². The molecule has 7 nitrogen and oxygen atoms in total. The molecule has 0 spiro atoms. The number of nitro groups is 1. The second-order valence-electron chi connectivity index (χ2n) is 4.48. The fourth-order valence-corrected chi connectivity index (χ4v) is 1.98. The van der Waals surface area contributed by atoms with Crippen LogP contribution in [0.2, 0.25) is 0 Å². The number of rotatable bonds is 6. The molecule has 0 amide bonds. The van der Waals surface area contributed by atoms with Gasteiger partial charge in [-0.3, -0.25) is 10.1 Å².